The van der Waals surface area contributed by atoms with Crippen LogP contribution in [0.15, 0.2) is 6.20 Å². The molecule has 0 spiro atoms. The number of nitrogens with zero attached hydrogens (tertiary/aromatic N) is 3. The highest BCUT2D eigenvalue weighted by atomic mass is 16.5. The maximum Gasteiger partial charge on any atom is 0.221 e. The molecule has 16 heavy (non-hydrogen) atoms. The van der Waals surface area contributed by atoms with Crippen molar-refractivity contribution in [3.05, 3.63) is 11.8 Å². The number of ether oxygens (including phenoxy) is 1. The lowest BCUT2D eigenvalue weighted by Crippen LogP contribution is -2.33. The topological polar surface area (TPSA) is 84.5 Å². The second kappa shape index (κ2) is 5.62. The van der Waals surface area contributed by atoms with Crippen LogP contribution in [0.2, 0.25) is 0 Å². The van der Waals surface area contributed by atoms with E-state index in [-0.39, 0.29) is 5.95 Å². The third kappa shape index (κ3) is 3.32. The molecule has 0 radical (unpaired) electrons. The Morgan fingerprint density at radius 2 is 2.31 bits per heavy atom. The fourth-order valence-corrected chi connectivity index (χ4v) is 1.48. The van der Waals surface area contributed by atoms with Gasteiger partial charge >= 0.3 is 0 Å². The monoisotopic (exact) mass is 226 g/mol. The zero-order chi connectivity index (χ0) is 12.1. The Kier molecular flexibility index (Phi) is 4.45. The number of aliphatic hydroxyl groups is 1. The molecule has 0 fully saturated rings. The largest absolute Gasteiger partial charge is 0.389 e. The van der Waals surface area contributed by atoms with E-state index in [1.165, 1.54) is 0 Å². The molecule has 6 heteroatoms. The standard InChI is InChI=1S/C10H18N4O2/c1-7-4-12-10(11)13-9(7)14(2)5-8(15)6-16-3/h4,8,15H,5-6H2,1-3H3,(H2,11,12,13). The van der Waals surface area contributed by atoms with Gasteiger partial charge in [-0.15, -0.1) is 0 Å². The maximum atomic E-state index is 9.60. The van der Waals surface area contributed by atoms with Crippen molar-refractivity contribution in [1.29, 1.82) is 0 Å². The van der Waals surface area contributed by atoms with Gasteiger partial charge in [-0.25, -0.2) is 4.98 Å². The van der Waals surface area contributed by atoms with Crippen molar-refractivity contribution >= 4 is 11.8 Å². The molecule has 0 aliphatic rings. The van der Waals surface area contributed by atoms with Gasteiger partial charge < -0.3 is 20.5 Å². The highest BCUT2D eigenvalue weighted by Crippen LogP contribution is 2.15. The van der Waals surface area contributed by atoms with Crippen LogP contribution in [0.5, 0.6) is 0 Å². The lowest BCUT2D eigenvalue weighted by atomic mass is 10.3. The Bertz CT molecular complexity index is 346. The van der Waals surface area contributed by atoms with E-state index in [2.05, 4.69) is 9.97 Å². The Morgan fingerprint density at radius 1 is 1.62 bits per heavy atom. The summed E-state index contributed by atoms with van der Waals surface area (Å²) in [5.41, 5.74) is 6.44. The van der Waals surface area contributed by atoms with Gasteiger partial charge in [0.15, 0.2) is 0 Å². The van der Waals surface area contributed by atoms with Crippen molar-refractivity contribution in [2.75, 3.05) is 37.9 Å². The van der Waals surface area contributed by atoms with E-state index < -0.39 is 6.10 Å². The van der Waals surface area contributed by atoms with Gasteiger partial charge in [-0.2, -0.15) is 4.98 Å². The highest BCUT2D eigenvalue weighted by molar-refractivity contribution is 5.47. The van der Waals surface area contributed by atoms with E-state index >= 15 is 0 Å². The third-order valence-corrected chi connectivity index (χ3v) is 2.17. The van der Waals surface area contributed by atoms with E-state index in [0.717, 1.165) is 11.4 Å². The summed E-state index contributed by atoms with van der Waals surface area (Å²) in [6.45, 7) is 2.63. The molecule has 0 aromatic carbocycles. The zero-order valence-corrected chi connectivity index (χ0v) is 9.84. The first-order valence-electron chi connectivity index (χ1n) is 5.02. The van der Waals surface area contributed by atoms with Crippen molar-refractivity contribution in [2.24, 2.45) is 0 Å². The van der Waals surface area contributed by atoms with Crippen LogP contribution in [0.3, 0.4) is 0 Å². The Hall–Kier alpha value is -1.40. The normalized spacial score (nSPS) is 12.5. The molecule has 1 aromatic heterocycles. The summed E-state index contributed by atoms with van der Waals surface area (Å²) in [7, 11) is 3.39. The number of aliphatic hydroxyl groups excluding tert-OH is 1. The summed E-state index contributed by atoms with van der Waals surface area (Å²) >= 11 is 0. The summed E-state index contributed by atoms with van der Waals surface area (Å²) in [4.78, 5) is 9.85. The van der Waals surface area contributed by atoms with Crippen molar-refractivity contribution in [1.82, 2.24) is 9.97 Å². The molecule has 0 saturated carbocycles. The van der Waals surface area contributed by atoms with Crippen LogP contribution < -0.4 is 10.6 Å². The predicted molar refractivity (Wildman–Crippen MR) is 62.3 cm³/mol. The number of aryl methyl sites for hydroxylation is 1. The van der Waals surface area contributed by atoms with E-state index in [0.29, 0.717) is 13.2 Å². The number of likely N-dealkylation sites (N-methyl/N-ethyl adjacent to an activating group) is 1. The zero-order valence-electron chi connectivity index (χ0n) is 9.84. The molecule has 3 N–H and O–H groups in total. The molecular weight excluding hydrogens is 208 g/mol. The van der Waals surface area contributed by atoms with Gasteiger partial charge in [0, 0.05) is 32.5 Å². The number of hydrogen-bond acceptors (Lipinski definition) is 6. The van der Waals surface area contributed by atoms with E-state index in [9.17, 15) is 5.11 Å². The average Bonchev–Trinajstić information content (AvgIpc) is 2.21. The first-order valence-corrected chi connectivity index (χ1v) is 5.02. The molecule has 90 valence electrons. The first-order chi connectivity index (χ1) is 7.54. The number of rotatable bonds is 5. The summed E-state index contributed by atoms with van der Waals surface area (Å²) in [6.07, 6.45) is 1.11. The predicted octanol–water partition coefficient (Wildman–Crippen LogP) is -0.189. The van der Waals surface area contributed by atoms with Gasteiger partial charge in [-0.3, -0.25) is 0 Å². The average molecular weight is 226 g/mol. The molecular formula is C10H18N4O2. The van der Waals surface area contributed by atoms with Crippen molar-refractivity contribution in [3.8, 4) is 0 Å². The van der Waals surface area contributed by atoms with Gasteiger partial charge in [-0.05, 0) is 6.92 Å². The van der Waals surface area contributed by atoms with Crippen LogP contribution in [0.4, 0.5) is 11.8 Å². The minimum absolute atomic E-state index is 0.230. The molecule has 1 unspecified atom stereocenters. The summed E-state index contributed by atoms with van der Waals surface area (Å²) in [5.74, 6) is 0.955. The summed E-state index contributed by atoms with van der Waals surface area (Å²) < 4.78 is 4.86. The number of nitrogen functional groups attached to an aromatic ring is 1. The van der Waals surface area contributed by atoms with Crippen LogP contribution in [0.25, 0.3) is 0 Å². The molecule has 6 nitrogen and oxygen atoms in total. The number of methoxy groups -OCH3 is 1. The van der Waals surface area contributed by atoms with Gasteiger partial charge in [0.05, 0.1) is 12.7 Å². The molecule has 1 atom stereocenters. The van der Waals surface area contributed by atoms with E-state index in [1.807, 2.05) is 18.9 Å². The second-order valence-corrected chi connectivity index (χ2v) is 3.72. The van der Waals surface area contributed by atoms with Gasteiger partial charge in [0.25, 0.3) is 0 Å². The minimum atomic E-state index is -0.550. The van der Waals surface area contributed by atoms with E-state index in [4.69, 9.17) is 10.5 Å². The van der Waals surface area contributed by atoms with E-state index in [1.54, 1.807) is 13.3 Å². The first kappa shape index (κ1) is 12.7. The minimum Gasteiger partial charge on any atom is -0.389 e. The molecule has 0 aliphatic heterocycles. The second-order valence-electron chi connectivity index (χ2n) is 3.72. The quantitative estimate of drug-likeness (QED) is 0.724. The lowest BCUT2D eigenvalue weighted by molar-refractivity contribution is 0.0694. The van der Waals surface area contributed by atoms with Crippen LogP contribution >= 0.6 is 0 Å². The summed E-state index contributed by atoms with van der Waals surface area (Å²) in [5, 5.41) is 9.60. The number of hydrogen-bond donors (Lipinski definition) is 2. The fraction of sp³-hybridized carbons (Fsp3) is 0.600. The fourth-order valence-electron chi connectivity index (χ4n) is 1.48. The van der Waals surface area contributed by atoms with Gasteiger partial charge in [-0.1, -0.05) is 0 Å². The molecule has 0 saturated heterocycles. The maximum absolute atomic E-state index is 9.60. The van der Waals surface area contributed by atoms with Crippen LogP contribution in [0, 0.1) is 6.92 Å². The molecule has 0 bridgehead atoms. The smallest absolute Gasteiger partial charge is 0.221 e. The van der Waals surface area contributed by atoms with Gasteiger partial charge in [0.2, 0.25) is 5.95 Å². The Labute approximate surface area is 95.1 Å². The van der Waals surface area contributed by atoms with Crippen molar-refractivity contribution in [2.45, 2.75) is 13.0 Å². The summed E-state index contributed by atoms with van der Waals surface area (Å²) in [6, 6.07) is 0. The third-order valence-electron chi connectivity index (χ3n) is 2.17. The molecule has 1 aromatic rings. The van der Waals surface area contributed by atoms with Crippen molar-refractivity contribution < 1.29 is 9.84 Å². The molecule has 1 heterocycles. The van der Waals surface area contributed by atoms with Crippen LogP contribution in [0.1, 0.15) is 5.56 Å². The van der Waals surface area contributed by atoms with Crippen molar-refractivity contribution in [3.63, 3.8) is 0 Å². The molecule has 0 aliphatic carbocycles. The van der Waals surface area contributed by atoms with Crippen LogP contribution in [-0.4, -0.2) is 48.5 Å². The SMILES string of the molecule is COCC(O)CN(C)c1nc(N)ncc1C. The van der Waals surface area contributed by atoms with Crippen LogP contribution in [-0.2, 0) is 4.74 Å². The molecule has 0 amide bonds. The Balaban J connectivity index is 2.72. The Morgan fingerprint density at radius 3 is 2.94 bits per heavy atom. The molecule has 1 rings (SSSR count). The number of aromatic nitrogens is 2. The van der Waals surface area contributed by atoms with Gasteiger partial charge in [0.1, 0.15) is 5.82 Å². The lowest BCUT2D eigenvalue weighted by Gasteiger charge is -2.22. The highest BCUT2D eigenvalue weighted by Gasteiger charge is 2.12. The number of nitrogens with two attached hydrogens (primary N) is 1. The number of anilines is 2.